The summed E-state index contributed by atoms with van der Waals surface area (Å²) in [6, 6.07) is 0. The molecule has 0 saturated heterocycles. The monoisotopic (exact) mass is 257 g/mol. The smallest absolute Gasteiger partial charge is 0.0546 e. The first-order chi connectivity index (χ1) is 7.16. The summed E-state index contributed by atoms with van der Waals surface area (Å²) in [6.07, 6.45) is 1.24. The summed E-state index contributed by atoms with van der Waals surface area (Å²) in [4.78, 5) is 0. The molecule has 0 bridgehead atoms. The summed E-state index contributed by atoms with van der Waals surface area (Å²) in [5.41, 5.74) is 2.24. The van der Waals surface area contributed by atoms with E-state index >= 15 is 0 Å². The van der Waals surface area contributed by atoms with E-state index in [9.17, 15) is 0 Å². The zero-order chi connectivity index (χ0) is 12.6. The van der Waals surface area contributed by atoms with Gasteiger partial charge in [-0.1, -0.05) is 48.5 Å². The molecule has 0 aliphatic heterocycles. The molecule has 0 amide bonds. The maximum Gasteiger partial charge on any atom is 0.0546 e. The number of aromatic nitrogens is 1. The Morgan fingerprint density at radius 1 is 1.00 bits per heavy atom. The molecule has 3 heteroatoms. The van der Waals surface area contributed by atoms with Gasteiger partial charge in [-0.05, 0) is 20.0 Å². The van der Waals surface area contributed by atoms with Crippen LogP contribution in [0.25, 0.3) is 0 Å². The van der Waals surface area contributed by atoms with Crippen LogP contribution in [0, 0.1) is 0 Å². The van der Waals surface area contributed by atoms with Gasteiger partial charge in [0, 0.05) is 25.3 Å². The lowest BCUT2D eigenvalue weighted by Crippen LogP contribution is -2.14. The molecular formula is C13H25NP2. The summed E-state index contributed by atoms with van der Waals surface area (Å²) >= 11 is 0. The van der Waals surface area contributed by atoms with Gasteiger partial charge >= 0.3 is 0 Å². The van der Waals surface area contributed by atoms with Crippen molar-refractivity contribution in [2.75, 3.05) is 0 Å². The van der Waals surface area contributed by atoms with Crippen LogP contribution in [-0.2, 0) is 17.4 Å². The van der Waals surface area contributed by atoms with Crippen LogP contribution in [0.3, 0.4) is 0 Å². The van der Waals surface area contributed by atoms with Crippen LogP contribution in [0.1, 0.15) is 65.3 Å². The highest BCUT2D eigenvalue weighted by Gasteiger charge is 2.25. The Labute approximate surface area is 104 Å². The summed E-state index contributed by atoms with van der Waals surface area (Å²) in [6.45, 7) is 17.5. The Morgan fingerprint density at radius 2 is 1.56 bits per heavy atom. The van der Waals surface area contributed by atoms with Crippen molar-refractivity contribution in [3.63, 3.8) is 0 Å². The molecule has 0 atom stereocenters. The summed E-state index contributed by atoms with van der Waals surface area (Å²) < 4.78 is 2.57. The largest absolute Gasteiger partial charge is 0.323 e. The first-order valence-corrected chi connectivity index (χ1v) is 7.86. The first-order valence-electron chi connectivity index (χ1n) is 6.12. The summed E-state index contributed by atoms with van der Waals surface area (Å²) in [7, 11) is 2.92. The molecule has 0 spiro atoms. The second kappa shape index (κ2) is 4.79. The van der Waals surface area contributed by atoms with Crippen LogP contribution in [-0.4, -0.2) is 4.33 Å². The number of aryl methyl sites for hydroxylation is 1. The van der Waals surface area contributed by atoms with Gasteiger partial charge in [-0.25, -0.2) is 0 Å². The third kappa shape index (κ3) is 3.31. The van der Waals surface area contributed by atoms with Gasteiger partial charge in [-0.15, -0.1) is 0 Å². The van der Waals surface area contributed by atoms with E-state index in [1.165, 1.54) is 29.5 Å². The van der Waals surface area contributed by atoms with Gasteiger partial charge in [0.15, 0.2) is 0 Å². The lowest BCUT2D eigenvalue weighted by molar-refractivity contribution is 0.543. The van der Waals surface area contributed by atoms with E-state index in [0.29, 0.717) is 10.8 Å². The fourth-order valence-corrected chi connectivity index (χ4v) is 4.95. The fourth-order valence-electron chi connectivity index (χ4n) is 1.58. The predicted molar refractivity (Wildman–Crippen MR) is 77.1 cm³/mol. The summed E-state index contributed by atoms with van der Waals surface area (Å²) in [5, 5.41) is 1.64. The Kier molecular flexibility index (Phi) is 4.25. The summed E-state index contributed by atoms with van der Waals surface area (Å²) in [5.74, 6) is 0. The molecule has 1 aromatic rings. The topological polar surface area (TPSA) is 4.93 Å². The van der Waals surface area contributed by atoms with Gasteiger partial charge in [0.1, 0.15) is 0 Å². The standard InChI is InChI=1S/C13H25NP2/c1-8-9-14-10(12(2,3)4)15-11(16-14)13(5,6)7/h8-9H2,1-7H3. The number of nitrogens with zero attached hydrogens (tertiary/aromatic N) is 1. The molecule has 0 N–H and O–H groups in total. The highest BCUT2D eigenvalue weighted by atomic mass is 31.1. The van der Waals surface area contributed by atoms with Gasteiger partial charge < -0.3 is 4.33 Å². The van der Waals surface area contributed by atoms with Gasteiger partial charge in [0.05, 0.1) is 5.43 Å². The van der Waals surface area contributed by atoms with Gasteiger partial charge in [0.25, 0.3) is 0 Å². The zero-order valence-electron chi connectivity index (χ0n) is 11.8. The Hall–Kier alpha value is 0.140. The predicted octanol–water partition coefficient (Wildman–Crippen LogP) is 5.65. The molecule has 1 heterocycles. The van der Waals surface area contributed by atoms with E-state index in [1.54, 1.807) is 10.5 Å². The van der Waals surface area contributed by atoms with Crippen LogP contribution >= 0.6 is 16.5 Å². The Balaban J connectivity index is 3.21. The normalized spacial score (nSPS) is 14.2. The molecule has 92 valence electrons. The maximum atomic E-state index is 2.57. The average molecular weight is 257 g/mol. The van der Waals surface area contributed by atoms with Crippen LogP contribution < -0.4 is 0 Å². The SMILES string of the molecule is CCCn1pc(C(C)(C)C)pc1C(C)(C)C. The average Bonchev–Trinajstić information content (AvgIpc) is 2.46. The molecule has 0 saturated carbocycles. The van der Waals surface area contributed by atoms with E-state index in [2.05, 4.69) is 52.8 Å². The minimum Gasteiger partial charge on any atom is -0.323 e. The highest BCUT2D eigenvalue weighted by Crippen LogP contribution is 2.45. The molecule has 1 aromatic heterocycles. The van der Waals surface area contributed by atoms with E-state index < -0.39 is 0 Å². The van der Waals surface area contributed by atoms with Crippen molar-refractivity contribution in [3.05, 3.63) is 10.5 Å². The van der Waals surface area contributed by atoms with Crippen molar-refractivity contribution in [2.24, 2.45) is 0 Å². The minimum atomic E-state index is 0.302. The Morgan fingerprint density at radius 3 is 1.94 bits per heavy atom. The molecule has 0 aromatic carbocycles. The van der Waals surface area contributed by atoms with Crippen LogP contribution in [0.15, 0.2) is 0 Å². The molecule has 0 radical (unpaired) electrons. The third-order valence-corrected chi connectivity index (χ3v) is 6.68. The van der Waals surface area contributed by atoms with Crippen LogP contribution in [0.5, 0.6) is 0 Å². The maximum absolute atomic E-state index is 2.57. The zero-order valence-corrected chi connectivity index (χ0v) is 13.5. The molecular weight excluding hydrogens is 232 g/mol. The van der Waals surface area contributed by atoms with E-state index in [4.69, 9.17) is 0 Å². The number of hydrogen-bond acceptors (Lipinski definition) is 0. The molecule has 0 unspecified atom stereocenters. The van der Waals surface area contributed by atoms with Crippen molar-refractivity contribution in [1.82, 2.24) is 4.33 Å². The van der Waals surface area contributed by atoms with Crippen molar-refractivity contribution in [2.45, 2.75) is 72.3 Å². The third-order valence-electron chi connectivity index (χ3n) is 2.45. The molecule has 16 heavy (non-hydrogen) atoms. The van der Waals surface area contributed by atoms with Crippen LogP contribution in [0.2, 0.25) is 0 Å². The second-order valence-corrected chi connectivity index (χ2v) is 9.06. The molecule has 0 aliphatic carbocycles. The molecule has 0 fully saturated rings. The second-order valence-electron chi connectivity index (χ2n) is 6.48. The van der Waals surface area contributed by atoms with Crippen molar-refractivity contribution >= 4 is 16.5 Å². The van der Waals surface area contributed by atoms with E-state index in [1.807, 2.05) is 0 Å². The van der Waals surface area contributed by atoms with Crippen molar-refractivity contribution in [3.8, 4) is 0 Å². The van der Waals surface area contributed by atoms with Gasteiger partial charge in [0.2, 0.25) is 0 Å². The first kappa shape index (κ1) is 14.2. The van der Waals surface area contributed by atoms with E-state index in [-0.39, 0.29) is 0 Å². The minimum absolute atomic E-state index is 0.302. The lowest BCUT2D eigenvalue weighted by Gasteiger charge is -2.20. The fraction of sp³-hybridized carbons (Fsp3) is 0.846. The number of rotatable bonds is 2. The van der Waals surface area contributed by atoms with Crippen molar-refractivity contribution in [1.29, 1.82) is 0 Å². The Bertz CT molecular complexity index is 353. The number of hydrogen-bond donors (Lipinski definition) is 0. The van der Waals surface area contributed by atoms with E-state index in [0.717, 1.165) is 0 Å². The molecule has 1 rings (SSSR count). The molecule has 1 nitrogen and oxygen atoms in total. The van der Waals surface area contributed by atoms with Crippen LogP contribution in [0.4, 0.5) is 0 Å². The quantitative estimate of drug-likeness (QED) is 0.644. The van der Waals surface area contributed by atoms with Gasteiger partial charge in [-0.3, -0.25) is 0 Å². The highest BCUT2D eigenvalue weighted by molar-refractivity contribution is 7.47. The van der Waals surface area contributed by atoms with Crippen molar-refractivity contribution < 1.29 is 0 Å². The lowest BCUT2D eigenvalue weighted by atomic mass is 9.98. The van der Waals surface area contributed by atoms with Gasteiger partial charge in [-0.2, -0.15) is 0 Å². The molecule has 0 aliphatic rings.